The highest BCUT2D eigenvalue weighted by atomic mass is 32.2. The molecule has 6 heteroatoms. The molecule has 1 N–H and O–H groups in total. The molecule has 1 rings (SSSR count). The molecule has 1 aromatic rings. The minimum Gasteiger partial charge on any atom is -0.294 e. The second kappa shape index (κ2) is 6.06. The first-order chi connectivity index (χ1) is 8.34. The lowest BCUT2D eigenvalue weighted by Gasteiger charge is -2.12. The van der Waals surface area contributed by atoms with Crippen molar-refractivity contribution in [3.05, 3.63) is 35.6 Å². The van der Waals surface area contributed by atoms with Gasteiger partial charge in [0.15, 0.2) is 5.78 Å². The van der Waals surface area contributed by atoms with Crippen LogP contribution in [0.2, 0.25) is 0 Å². The van der Waals surface area contributed by atoms with Crippen LogP contribution in [0.4, 0.5) is 4.39 Å². The van der Waals surface area contributed by atoms with E-state index in [0.29, 0.717) is 5.56 Å². The summed E-state index contributed by atoms with van der Waals surface area (Å²) < 4.78 is 37.7. The summed E-state index contributed by atoms with van der Waals surface area (Å²) in [6, 6.07) is 4.70. The van der Waals surface area contributed by atoms with Gasteiger partial charge < -0.3 is 0 Å². The van der Waals surface area contributed by atoms with E-state index in [1.54, 1.807) is 6.92 Å². The molecule has 0 heterocycles. The van der Waals surface area contributed by atoms with Gasteiger partial charge >= 0.3 is 0 Å². The Morgan fingerprint density at radius 2 is 1.89 bits per heavy atom. The molecule has 0 fully saturated rings. The van der Waals surface area contributed by atoms with Crippen LogP contribution in [0.15, 0.2) is 24.3 Å². The number of halogens is 1. The van der Waals surface area contributed by atoms with Gasteiger partial charge in [-0.05, 0) is 38.1 Å². The van der Waals surface area contributed by atoms with Crippen molar-refractivity contribution >= 4 is 15.8 Å². The van der Waals surface area contributed by atoms with Crippen LogP contribution in [0.1, 0.15) is 30.6 Å². The van der Waals surface area contributed by atoms with Crippen LogP contribution in [0.3, 0.4) is 0 Å². The van der Waals surface area contributed by atoms with Crippen molar-refractivity contribution < 1.29 is 17.6 Å². The number of ketones is 1. The maximum Gasteiger partial charge on any atom is 0.211 e. The van der Waals surface area contributed by atoms with Crippen molar-refractivity contribution in [2.45, 2.75) is 26.3 Å². The number of rotatable bonds is 6. The van der Waals surface area contributed by atoms with E-state index >= 15 is 0 Å². The standard InChI is InChI=1S/C12H16FNO3S/c1-3-18(16,17)14-9(2)8-12(15)10-4-6-11(13)7-5-10/h4-7,9,14H,3,8H2,1-2H3. The molecule has 0 saturated heterocycles. The van der Waals surface area contributed by atoms with Gasteiger partial charge in [0.05, 0.1) is 5.75 Å². The highest BCUT2D eigenvalue weighted by Gasteiger charge is 2.16. The van der Waals surface area contributed by atoms with Gasteiger partial charge in [0.25, 0.3) is 0 Å². The maximum atomic E-state index is 12.7. The summed E-state index contributed by atoms with van der Waals surface area (Å²) >= 11 is 0. The highest BCUT2D eigenvalue weighted by Crippen LogP contribution is 2.08. The number of hydrogen-bond donors (Lipinski definition) is 1. The van der Waals surface area contributed by atoms with E-state index in [1.165, 1.54) is 31.2 Å². The fourth-order valence-corrected chi connectivity index (χ4v) is 2.33. The topological polar surface area (TPSA) is 63.2 Å². The lowest BCUT2D eigenvalue weighted by atomic mass is 10.1. The Bertz CT molecular complexity index is 511. The molecule has 4 nitrogen and oxygen atoms in total. The molecule has 1 atom stereocenters. The summed E-state index contributed by atoms with van der Waals surface area (Å²) in [6.45, 7) is 3.14. The molecule has 0 amide bonds. The molecule has 0 aliphatic rings. The monoisotopic (exact) mass is 273 g/mol. The Morgan fingerprint density at radius 3 is 2.39 bits per heavy atom. The summed E-state index contributed by atoms with van der Waals surface area (Å²) in [6.07, 6.45) is 0.0465. The summed E-state index contributed by atoms with van der Waals surface area (Å²) in [4.78, 5) is 11.8. The van der Waals surface area contributed by atoms with Gasteiger partial charge in [0, 0.05) is 18.0 Å². The molecule has 0 radical (unpaired) electrons. The van der Waals surface area contributed by atoms with Crippen molar-refractivity contribution in [2.24, 2.45) is 0 Å². The maximum absolute atomic E-state index is 12.7. The Hall–Kier alpha value is -1.27. The number of hydrogen-bond acceptors (Lipinski definition) is 3. The molecule has 0 aliphatic heterocycles. The summed E-state index contributed by atoms with van der Waals surface area (Å²) in [5.74, 6) is -0.658. The largest absolute Gasteiger partial charge is 0.294 e. The average molecular weight is 273 g/mol. The summed E-state index contributed by atoms with van der Waals surface area (Å²) in [5, 5.41) is 0. The van der Waals surface area contributed by atoms with Crippen LogP contribution < -0.4 is 4.72 Å². The molecular weight excluding hydrogens is 257 g/mol. The van der Waals surface area contributed by atoms with Crippen LogP contribution in [-0.4, -0.2) is 26.0 Å². The lowest BCUT2D eigenvalue weighted by molar-refractivity contribution is 0.0975. The summed E-state index contributed by atoms with van der Waals surface area (Å²) in [5.41, 5.74) is 0.374. The first-order valence-electron chi connectivity index (χ1n) is 5.63. The van der Waals surface area contributed by atoms with Crippen LogP contribution in [-0.2, 0) is 10.0 Å². The van der Waals surface area contributed by atoms with E-state index in [1.807, 2.05) is 0 Å². The van der Waals surface area contributed by atoms with Gasteiger partial charge in [-0.15, -0.1) is 0 Å². The Kier molecular flexibility index (Phi) is 4.98. The van der Waals surface area contributed by atoms with Crippen molar-refractivity contribution in [3.8, 4) is 0 Å². The first kappa shape index (κ1) is 14.8. The van der Waals surface area contributed by atoms with Gasteiger partial charge in [-0.2, -0.15) is 0 Å². The van der Waals surface area contributed by atoms with Crippen molar-refractivity contribution in [1.29, 1.82) is 0 Å². The van der Waals surface area contributed by atoms with Crippen LogP contribution >= 0.6 is 0 Å². The number of carbonyl (C=O) groups excluding carboxylic acids is 1. The summed E-state index contributed by atoms with van der Waals surface area (Å²) in [7, 11) is -3.32. The fourth-order valence-electron chi connectivity index (χ4n) is 1.46. The second-order valence-electron chi connectivity index (χ2n) is 4.06. The zero-order chi connectivity index (χ0) is 13.8. The molecule has 100 valence electrons. The predicted octanol–water partition coefficient (Wildman–Crippen LogP) is 1.73. The van der Waals surface area contributed by atoms with Gasteiger partial charge in [-0.3, -0.25) is 4.79 Å². The molecular formula is C12H16FNO3S. The molecule has 0 saturated carbocycles. The van der Waals surface area contributed by atoms with Crippen LogP contribution in [0, 0.1) is 5.82 Å². The molecule has 0 aliphatic carbocycles. The van der Waals surface area contributed by atoms with Crippen molar-refractivity contribution in [3.63, 3.8) is 0 Å². The first-order valence-corrected chi connectivity index (χ1v) is 7.28. The van der Waals surface area contributed by atoms with Gasteiger partial charge in [0.2, 0.25) is 10.0 Å². The smallest absolute Gasteiger partial charge is 0.211 e. The Balaban J connectivity index is 2.62. The Labute approximate surface area is 106 Å². The quantitative estimate of drug-likeness (QED) is 0.803. The lowest BCUT2D eigenvalue weighted by Crippen LogP contribution is -2.35. The van der Waals surface area contributed by atoms with Gasteiger partial charge in [-0.1, -0.05) is 0 Å². The molecule has 0 bridgehead atoms. The zero-order valence-electron chi connectivity index (χ0n) is 10.3. The number of nitrogens with one attached hydrogen (secondary N) is 1. The highest BCUT2D eigenvalue weighted by molar-refractivity contribution is 7.89. The van der Waals surface area contributed by atoms with Crippen molar-refractivity contribution in [2.75, 3.05) is 5.75 Å². The third-order valence-corrected chi connectivity index (χ3v) is 3.94. The minimum atomic E-state index is -3.32. The number of carbonyl (C=O) groups is 1. The van der Waals surface area contributed by atoms with Crippen molar-refractivity contribution in [1.82, 2.24) is 4.72 Å². The Morgan fingerprint density at radius 1 is 1.33 bits per heavy atom. The number of sulfonamides is 1. The van der Waals surface area contributed by atoms with E-state index < -0.39 is 21.9 Å². The number of Topliss-reactive ketones (excluding diaryl/α,β-unsaturated/α-hetero) is 1. The van der Waals surface area contributed by atoms with Gasteiger partial charge in [-0.25, -0.2) is 17.5 Å². The predicted molar refractivity (Wildman–Crippen MR) is 67.4 cm³/mol. The van der Waals surface area contributed by atoms with Crippen LogP contribution in [0.5, 0.6) is 0 Å². The zero-order valence-corrected chi connectivity index (χ0v) is 11.1. The van der Waals surface area contributed by atoms with Crippen LogP contribution in [0.25, 0.3) is 0 Å². The minimum absolute atomic E-state index is 0.0257. The molecule has 18 heavy (non-hydrogen) atoms. The molecule has 1 unspecified atom stereocenters. The fraction of sp³-hybridized carbons (Fsp3) is 0.417. The van der Waals surface area contributed by atoms with E-state index in [4.69, 9.17) is 0 Å². The van der Waals surface area contributed by atoms with E-state index in [0.717, 1.165) is 0 Å². The number of benzene rings is 1. The van der Waals surface area contributed by atoms with Gasteiger partial charge in [0.1, 0.15) is 5.82 Å². The molecule has 0 aromatic heterocycles. The third kappa shape index (κ3) is 4.54. The van der Waals surface area contributed by atoms with E-state index in [9.17, 15) is 17.6 Å². The van der Waals surface area contributed by atoms with E-state index in [-0.39, 0.29) is 18.0 Å². The molecule has 0 spiro atoms. The normalized spacial score (nSPS) is 13.3. The SMILES string of the molecule is CCS(=O)(=O)NC(C)CC(=O)c1ccc(F)cc1. The van der Waals surface area contributed by atoms with E-state index in [2.05, 4.69) is 4.72 Å². The molecule has 1 aromatic carbocycles. The average Bonchev–Trinajstić information content (AvgIpc) is 2.29. The third-order valence-electron chi connectivity index (χ3n) is 2.42. The second-order valence-corrected chi connectivity index (χ2v) is 6.10.